The Kier molecular flexibility index (Phi) is 5.80. The van der Waals surface area contributed by atoms with E-state index in [1.807, 2.05) is 24.8 Å². The Morgan fingerprint density at radius 3 is 2.29 bits per heavy atom. The number of carbonyl (C=O) groups is 1. The van der Waals surface area contributed by atoms with Crippen LogP contribution in [0.2, 0.25) is 0 Å². The molecule has 8 heteroatoms. The van der Waals surface area contributed by atoms with E-state index in [2.05, 4.69) is 52.3 Å². The van der Waals surface area contributed by atoms with Crippen LogP contribution in [-0.4, -0.2) is 61.6 Å². The fraction of sp³-hybridized carbons (Fsp3) is 0.462. The van der Waals surface area contributed by atoms with Gasteiger partial charge in [-0.3, -0.25) is 4.79 Å². The summed E-state index contributed by atoms with van der Waals surface area (Å²) >= 11 is 5.72. The number of aryl methyl sites for hydroxylation is 4. The first kappa shape index (κ1) is 22.8. The summed E-state index contributed by atoms with van der Waals surface area (Å²) < 4.78 is 1.77. The number of likely N-dealkylation sites (tertiary alicyclic amines) is 2. The number of fused-ring (bicyclic) bond motifs is 1. The molecule has 2 fully saturated rings. The largest absolute Gasteiger partial charge is 0.349 e. The number of hydrogen-bond acceptors (Lipinski definition) is 4. The van der Waals surface area contributed by atoms with Crippen LogP contribution in [0.1, 0.15) is 52.1 Å². The van der Waals surface area contributed by atoms with Gasteiger partial charge < -0.3 is 15.1 Å². The summed E-state index contributed by atoms with van der Waals surface area (Å²) in [5, 5.41) is 8.70. The highest BCUT2D eigenvalue weighted by molar-refractivity contribution is 7.80. The second-order valence-corrected chi connectivity index (χ2v) is 10.5. The van der Waals surface area contributed by atoms with E-state index >= 15 is 0 Å². The zero-order chi connectivity index (χ0) is 24.0. The zero-order valence-electron chi connectivity index (χ0n) is 20.4. The van der Waals surface area contributed by atoms with Crippen molar-refractivity contribution in [1.82, 2.24) is 24.4 Å². The lowest BCUT2D eigenvalue weighted by atomic mass is 9.78. The van der Waals surface area contributed by atoms with Crippen LogP contribution in [0.5, 0.6) is 0 Å². The van der Waals surface area contributed by atoms with E-state index in [9.17, 15) is 4.79 Å². The van der Waals surface area contributed by atoms with Gasteiger partial charge in [0, 0.05) is 44.1 Å². The summed E-state index contributed by atoms with van der Waals surface area (Å²) in [6, 6.07) is 8.35. The standard InChI is InChI=1S/C26H32N6OS/c1-17-11-18(2)13-21(12-17)28-25(34)30-8-5-26(6-9-30)7-10-31(16-26)24(33)22-15-27-23-14-19(3)29-32(23)20(22)4/h11-15H,5-10,16H2,1-4H3,(H,28,34). The Labute approximate surface area is 206 Å². The monoisotopic (exact) mass is 476 g/mol. The van der Waals surface area contributed by atoms with E-state index < -0.39 is 0 Å². The number of thiocarbonyl (C=S) groups is 1. The van der Waals surface area contributed by atoms with Gasteiger partial charge in [0.25, 0.3) is 5.91 Å². The molecule has 0 unspecified atom stereocenters. The zero-order valence-corrected chi connectivity index (χ0v) is 21.2. The van der Waals surface area contributed by atoms with Crippen molar-refractivity contribution in [3.8, 4) is 0 Å². The lowest BCUT2D eigenvalue weighted by Gasteiger charge is -2.40. The summed E-state index contributed by atoms with van der Waals surface area (Å²) in [5.41, 5.74) is 6.85. The van der Waals surface area contributed by atoms with Crippen LogP contribution >= 0.6 is 12.2 Å². The number of rotatable bonds is 2. The Morgan fingerprint density at radius 2 is 1.62 bits per heavy atom. The molecule has 0 atom stereocenters. The van der Waals surface area contributed by atoms with Crippen molar-refractivity contribution in [2.24, 2.45) is 5.41 Å². The Hall–Kier alpha value is -3.00. The van der Waals surface area contributed by atoms with E-state index in [0.29, 0.717) is 5.56 Å². The molecule has 2 saturated heterocycles. The molecule has 2 aliphatic rings. The van der Waals surface area contributed by atoms with Crippen molar-refractivity contribution in [3.05, 3.63) is 58.5 Å². The number of piperidine rings is 1. The van der Waals surface area contributed by atoms with Crippen LogP contribution in [-0.2, 0) is 0 Å². The van der Waals surface area contributed by atoms with Crippen LogP contribution in [0.25, 0.3) is 5.65 Å². The minimum Gasteiger partial charge on any atom is -0.349 e. The third-order valence-corrected chi connectivity index (χ3v) is 7.75. The molecule has 3 aromatic rings. The van der Waals surface area contributed by atoms with Crippen molar-refractivity contribution >= 4 is 34.6 Å². The average Bonchev–Trinajstić information content (AvgIpc) is 3.37. The maximum Gasteiger partial charge on any atom is 0.257 e. The minimum atomic E-state index is 0.0614. The Balaban J connectivity index is 1.22. The summed E-state index contributed by atoms with van der Waals surface area (Å²) in [4.78, 5) is 22.1. The molecule has 0 saturated carbocycles. The molecule has 1 N–H and O–H groups in total. The summed E-state index contributed by atoms with van der Waals surface area (Å²) in [6.45, 7) is 11.5. The molecule has 178 valence electrons. The molecule has 0 radical (unpaired) electrons. The van der Waals surface area contributed by atoms with Crippen LogP contribution in [0.4, 0.5) is 5.69 Å². The second kappa shape index (κ2) is 8.65. The lowest BCUT2D eigenvalue weighted by molar-refractivity contribution is 0.0747. The van der Waals surface area contributed by atoms with Crippen molar-refractivity contribution < 1.29 is 4.79 Å². The van der Waals surface area contributed by atoms with E-state index in [1.165, 1.54) is 11.1 Å². The maximum absolute atomic E-state index is 13.4. The molecule has 34 heavy (non-hydrogen) atoms. The van der Waals surface area contributed by atoms with E-state index in [1.54, 1.807) is 10.7 Å². The summed E-state index contributed by atoms with van der Waals surface area (Å²) in [6.07, 6.45) is 4.83. The van der Waals surface area contributed by atoms with Gasteiger partial charge in [0.2, 0.25) is 0 Å². The van der Waals surface area contributed by atoms with E-state index in [-0.39, 0.29) is 11.3 Å². The third-order valence-electron chi connectivity index (χ3n) is 7.39. The minimum absolute atomic E-state index is 0.0614. The summed E-state index contributed by atoms with van der Waals surface area (Å²) in [5.74, 6) is 0.0614. The SMILES string of the molecule is Cc1cc(C)cc(NC(=S)N2CCC3(CCN(C(=O)c4cnc5cc(C)nn5c4C)C3)CC2)c1. The van der Waals surface area contributed by atoms with E-state index in [0.717, 1.165) is 73.3 Å². The maximum atomic E-state index is 13.4. The van der Waals surface area contributed by atoms with Crippen molar-refractivity contribution in [1.29, 1.82) is 0 Å². The first-order valence-electron chi connectivity index (χ1n) is 12.0. The predicted octanol–water partition coefficient (Wildman–Crippen LogP) is 4.29. The Morgan fingerprint density at radius 1 is 0.971 bits per heavy atom. The topological polar surface area (TPSA) is 65.8 Å². The van der Waals surface area contributed by atoms with Gasteiger partial charge in [0.1, 0.15) is 0 Å². The molecule has 0 bridgehead atoms. The number of hydrogen-bond donors (Lipinski definition) is 1. The molecular formula is C26H32N6OS. The smallest absolute Gasteiger partial charge is 0.257 e. The molecular weight excluding hydrogens is 444 g/mol. The van der Waals surface area contributed by atoms with Crippen LogP contribution in [0.15, 0.2) is 30.5 Å². The number of aromatic nitrogens is 3. The molecule has 0 aliphatic carbocycles. The van der Waals surface area contributed by atoms with E-state index in [4.69, 9.17) is 12.2 Å². The Bertz CT molecular complexity index is 1250. The predicted molar refractivity (Wildman–Crippen MR) is 138 cm³/mol. The highest BCUT2D eigenvalue weighted by Crippen LogP contribution is 2.41. The number of nitrogens with one attached hydrogen (secondary N) is 1. The lowest BCUT2D eigenvalue weighted by Crippen LogP contribution is -2.46. The van der Waals surface area contributed by atoms with Crippen LogP contribution in [0.3, 0.4) is 0 Å². The highest BCUT2D eigenvalue weighted by Gasteiger charge is 2.42. The first-order chi connectivity index (χ1) is 16.2. The van der Waals surface area contributed by atoms with Gasteiger partial charge in [-0.25, -0.2) is 9.50 Å². The molecule has 2 aliphatic heterocycles. The molecule has 4 heterocycles. The highest BCUT2D eigenvalue weighted by atomic mass is 32.1. The third kappa shape index (κ3) is 4.27. The first-order valence-corrected chi connectivity index (χ1v) is 12.4. The molecule has 1 amide bonds. The number of benzene rings is 1. The fourth-order valence-corrected chi connectivity index (χ4v) is 5.79. The fourth-order valence-electron chi connectivity index (χ4n) is 5.49. The van der Waals surface area contributed by atoms with Gasteiger partial charge in [-0.1, -0.05) is 6.07 Å². The second-order valence-electron chi connectivity index (χ2n) is 10.1. The molecule has 5 rings (SSSR count). The molecule has 2 aromatic heterocycles. The van der Waals surface area contributed by atoms with Crippen LogP contribution in [0, 0.1) is 33.1 Å². The average molecular weight is 477 g/mol. The molecule has 1 spiro atoms. The van der Waals surface area contributed by atoms with Crippen molar-refractivity contribution in [2.45, 2.75) is 47.0 Å². The van der Waals surface area contributed by atoms with Gasteiger partial charge in [-0.15, -0.1) is 0 Å². The summed E-state index contributed by atoms with van der Waals surface area (Å²) in [7, 11) is 0. The van der Waals surface area contributed by atoms with Crippen LogP contribution < -0.4 is 5.32 Å². The molecule has 7 nitrogen and oxygen atoms in total. The quantitative estimate of drug-likeness (QED) is 0.557. The van der Waals surface area contributed by atoms with Gasteiger partial charge in [-0.2, -0.15) is 5.10 Å². The number of carbonyl (C=O) groups excluding carboxylic acids is 1. The van der Waals surface area contributed by atoms with Gasteiger partial charge >= 0.3 is 0 Å². The van der Waals surface area contributed by atoms with Gasteiger partial charge in [0.05, 0.1) is 17.0 Å². The number of nitrogens with zero attached hydrogens (tertiary/aromatic N) is 5. The number of anilines is 1. The van der Waals surface area contributed by atoms with Crippen molar-refractivity contribution in [2.75, 3.05) is 31.5 Å². The van der Waals surface area contributed by atoms with Crippen molar-refractivity contribution in [3.63, 3.8) is 0 Å². The van der Waals surface area contributed by atoms with Gasteiger partial charge in [-0.05, 0) is 87.8 Å². The number of amides is 1. The molecule has 1 aromatic carbocycles. The normalized spacial score (nSPS) is 17.5. The van der Waals surface area contributed by atoms with Gasteiger partial charge in [0.15, 0.2) is 10.8 Å².